The third-order valence-corrected chi connectivity index (χ3v) is 7.27. The molecule has 0 saturated carbocycles. The lowest BCUT2D eigenvalue weighted by atomic mass is 10.1. The van der Waals surface area contributed by atoms with E-state index < -0.39 is 15.9 Å². The van der Waals surface area contributed by atoms with Crippen LogP contribution in [-0.2, 0) is 28.0 Å². The van der Waals surface area contributed by atoms with Crippen LogP contribution in [0.5, 0.6) is 5.75 Å². The molecule has 3 aromatic carbocycles. The highest BCUT2D eigenvalue weighted by molar-refractivity contribution is 7.89. The molecule has 34 heavy (non-hydrogen) atoms. The molecule has 1 fully saturated rings. The first-order chi connectivity index (χ1) is 16.4. The minimum atomic E-state index is -3.88. The van der Waals surface area contributed by atoms with Crippen LogP contribution in [0.3, 0.4) is 0 Å². The molecule has 2 amide bonds. The quantitative estimate of drug-likeness (QED) is 0.516. The maximum Gasteiger partial charge on any atom is 0.251 e. The van der Waals surface area contributed by atoms with E-state index >= 15 is 0 Å². The van der Waals surface area contributed by atoms with Gasteiger partial charge in [-0.2, -0.15) is 4.31 Å². The van der Waals surface area contributed by atoms with E-state index in [9.17, 15) is 18.0 Å². The number of nitrogens with one attached hydrogen (secondary N) is 2. The van der Waals surface area contributed by atoms with Crippen molar-refractivity contribution in [2.24, 2.45) is 0 Å². The summed E-state index contributed by atoms with van der Waals surface area (Å²) >= 11 is 0. The van der Waals surface area contributed by atoms with Crippen molar-refractivity contribution in [1.29, 1.82) is 0 Å². The van der Waals surface area contributed by atoms with Crippen LogP contribution in [0.2, 0.25) is 0 Å². The molecule has 1 heterocycles. The summed E-state index contributed by atoms with van der Waals surface area (Å²) in [6.45, 7) is 0.822. The highest BCUT2D eigenvalue weighted by atomic mass is 32.2. The summed E-state index contributed by atoms with van der Waals surface area (Å²) in [5, 5.41) is 5.45. The number of amides is 2. The van der Waals surface area contributed by atoms with E-state index in [1.165, 1.54) is 18.2 Å². The number of piperazine rings is 1. The summed E-state index contributed by atoms with van der Waals surface area (Å²) in [5.41, 5.74) is 2.06. The summed E-state index contributed by atoms with van der Waals surface area (Å²) in [4.78, 5) is 24.4. The Bertz CT molecular complexity index is 1280. The molecule has 4 rings (SSSR count). The average Bonchev–Trinajstić information content (AvgIpc) is 2.87. The van der Waals surface area contributed by atoms with Gasteiger partial charge in [-0.05, 0) is 41.5 Å². The first-order valence-corrected chi connectivity index (χ1v) is 12.3. The van der Waals surface area contributed by atoms with Crippen molar-refractivity contribution in [3.63, 3.8) is 0 Å². The van der Waals surface area contributed by atoms with E-state index in [0.29, 0.717) is 6.61 Å². The number of benzene rings is 3. The SMILES string of the molecule is O=C1CN(S(=O)(=O)c2cccc(C(=O)NCc3ccccc3COc3ccccc3)c2)CCN1. The molecule has 0 spiro atoms. The van der Waals surface area contributed by atoms with Crippen molar-refractivity contribution in [2.45, 2.75) is 18.0 Å². The average molecular weight is 480 g/mol. The Balaban J connectivity index is 1.43. The van der Waals surface area contributed by atoms with Gasteiger partial charge in [0.1, 0.15) is 12.4 Å². The molecule has 1 aliphatic heterocycles. The van der Waals surface area contributed by atoms with Crippen molar-refractivity contribution < 1.29 is 22.7 Å². The second kappa shape index (κ2) is 10.5. The fourth-order valence-electron chi connectivity index (χ4n) is 3.59. The lowest BCUT2D eigenvalue weighted by molar-refractivity contribution is -0.122. The van der Waals surface area contributed by atoms with Gasteiger partial charge < -0.3 is 15.4 Å². The molecular weight excluding hydrogens is 454 g/mol. The largest absolute Gasteiger partial charge is 0.489 e. The Kier molecular flexibility index (Phi) is 7.24. The molecule has 1 saturated heterocycles. The predicted octanol–water partition coefficient (Wildman–Crippen LogP) is 2.32. The number of rotatable bonds is 8. The van der Waals surface area contributed by atoms with E-state index in [1.807, 2.05) is 54.6 Å². The zero-order valence-corrected chi connectivity index (χ0v) is 19.3. The van der Waals surface area contributed by atoms with Crippen LogP contribution in [0.1, 0.15) is 21.5 Å². The van der Waals surface area contributed by atoms with Crippen molar-refractivity contribution in [3.8, 4) is 5.75 Å². The lowest BCUT2D eigenvalue weighted by Crippen LogP contribution is -2.49. The number of hydrogen-bond acceptors (Lipinski definition) is 5. The van der Waals surface area contributed by atoms with Crippen molar-refractivity contribution >= 4 is 21.8 Å². The third-order valence-electron chi connectivity index (χ3n) is 5.43. The van der Waals surface area contributed by atoms with Gasteiger partial charge in [0.15, 0.2) is 0 Å². The maximum absolute atomic E-state index is 12.9. The first-order valence-electron chi connectivity index (χ1n) is 10.8. The first kappa shape index (κ1) is 23.5. The molecule has 176 valence electrons. The maximum atomic E-state index is 12.9. The smallest absolute Gasteiger partial charge is 0.251 e. The highest BCUT2D eigenvalue weighted by Crippen LogP contribution is 2.19. The van der Waals surface area contributed by atoms with Crippen LogP contribution >= 0.6 is 0 Å². The van der Waals surface area contributed by atoms with Crippen LogP contribution in [0.25, 0.3) is 0 Å². The molecule has 0 bridgehead atoms. The van der Waals surface area contributed by atoms with Gasteiger partial charge in [0.25, 0.3) is 5.91 Å². The monoisotopic (exact) mass is 479 g/mol. The summed E-state index contributed by atoms with van der Waals surface area (Å²) in [6.07, 6.45) is 0. The summed E-state index contributed by atoms with van der Waals surface area (Å²) in [5.74, 6) is 0.0106. The zero-order chi connectivity index (χ0) is 24.0. The number of ether oxygens (including phenoxy) is 1. The molecule has 0 atom stereocenters. The van der Waals surface area contributed by atoms with Crippen molar-refractivity contribution in [3.05, 3.63) is 95.6 Å². The van der Waals surface area contributed by atoms with Gasteiger partial charge in [-0.1, -0.05) is 48.5 Å². The Morgan fingerprint density at radius 1 is 0.971 bits per heavy atom. The Labute approximate surface area is 198 Å². The molecule has 3 aromatic rings. The number of para-hydroxylation sites is 1. The van der Waals surface area contributed by atoms with E-state index in [4.69, 9.17) is 4.74 Å². The number of carbonyl (C=O) groups excluding carboxylic acids is 2. The van der Waals surface area contributed by atoms with Gasteiger partial charge in [0.2, 0.25) is 15.9 Å². The van der Waals surface area contributed by atoms with E-state index in [1.54, 1.807) is 6.07 Å². The topological polar surface area (TPSA) is 105 Å². The Morgan fingerprint density at radius 2 is 1.71 bits per heavy atom. The standard InChI is InChI=1S/C25H25N3O5S/c29-24-17-28(14-13-26-24)34(31,32)23-12-6-9-19(15-23)25(30)27-16-20-7-4-5-8-21(20)18-33-22-10-2-1-3-11-22/h1-12,15H,13-14,16-18H2,(H,26,29)(H,27,30). The highest BCUT2D eigenvalue weighted by Gasteiger charge is 2.29. The molecule has 2 N–H and O–H groups in total. The minimum absolute atomic E-state index is 0.0217. The van der Waals surface area contributed by atoms with Gasteiger partial charge in [-0.3, -0.25) is 9.59 Å². The van der Waals surface area contributed by atoms with Crippen LogP contribution in [0.15, 0.2) is 83.8 Å². The molecule has 0 aliphatic carbocycles. The second-order valence-electron chi connectivity index (χ2n) is 7.77. The molecule has 0 unspecified atom stereocenters. The van der Waals surface area contributed by atoms with Gasteiger partial charge in [-0.25, -0.2) is 8.42 Å². The summed E-state index contributed by atoms with van der Waals surface area (Å²) < 4.78 is 32.8. The molecule has 1 aliphatic rings. The summed E-state index contributed by atoms with van der Waals surface area (Å²) in [7, 11) is -3.88. The van der Waals surface area contributed by atoms with E-state index in [-0.39, 0.29) is 42.5 Å². The van der Waals surface area contributed by atoms with E-state index in [0.717, 1.165) is 21.2 Å². The third kappa shape index (κ3) is 5.62. The summed E-state index contributed by atoms with van der Waals surface area (Å²) in [6, 6.07) is 22.9. The zero-order valence-electron chi connectivity index (χ0n) is 18.4. The normalized spacial score (nSPS) is 14.3. The van der Waals surface area contributed by atoms with E-state index in [2.05, 4.69) is 10.6 Å². The second-order valence-corrected chi connectivity index (χ2v) is 9.71. The number of hydrogen-bond donors (Lipinski definition) is 2. The Hall–Kier alpha value is -3.69. The predicted molar refractivity (Wildman–Crippen MR) is 127 cm³/mol. The van der Waals surface area contributed by atoms with Gasteiger partial charge in [-0.15, -0.1) is 0 Å². The van der Waals surface area contributed by atoms with Crippen molar-refractivity contribution in [2.75, 3.05) is 19.6 Å². The van der Waals surface area contributed by atoms with Crippen molar-refractivity contribution in [1.82, 2.24) is 14.9 Å². The van der Waals surface area contributed by atoms with Crippen LogP contribution in [-0.4, -0.2) is 44.2 Å². The lowest BCUT2D eigenvalue weighted by Gasteiger charge is -2.26. The van der Waals surface area contributed by atoms with Gasteiger partial charge in [0.05, 0.1) is 11.4 Å². The fourth-order valence-corrected chi connectivity index (χ4v) is 5.04. The molecule has 0 radical (unpaired) electrons. The molecule has 9 heteroatoms. The Morgan fingerprint density at radius 3 is 2.47 bits per heavy atom. The number of sulfonamides is 1. The molecule has 8 nitrogen and oxygen atoms in total. The van der Waals surface area contributed by atoms with Crippen LogP contribution < -0.4 is 15.4 Å². The fraction of sp³-hybridized carbons (Fsp3) is 0.200. The minimum Gasteiger partial charge on any atom is -0.489 e. The molecular formula is C25H25N3O5S. The number of nitrogens with zero attached hydrogens (tertiary/aromatic N) is 1. The van der Waals surface area contributed by atoms with Gasteiger partial charge >= 0.3 is 0 Å². The number of carbonyl (C=O) groups is 2. The van der Waals surface area contributed by atoms with Crippen LogP contribution in [0.4, 0.5) is 0 Å². The molecule has 0 aromatic heterocycles. The van der Waals surface area contributed by atoms with Gasteiger partial charge in [0, 0.05) is 25.2 Å². The van der Waals surface area contributed by atoms with Crippen LogP contribution in [0, 0.1) is 0 Å².